The van der Waals surface area contributed by atoms with Crippen LogP contribution in [-0.4, -0.2) is 31.4 Å². The maximum Gasteiger partial charge on any atom is 0.236 e. The number of nitrogens with zero attached hydrogens (tertiary/aromatic N) is 4. The summed E-state index contributed by atoms with van der Waals surface area (Å²) in [7, 11) is 1.89. The van der Waals surface area contributed by atoms with E-state index < -0.39 is 0 Å². The number of nitrogens with one attached hydrogen (secondary N) is 1. The van der Waals surface area contributed by atoms with Crippen LogP contribution in [0.4, 0.5) is 5.82 Å². The Labute approximate surface area is 149 Å². The van der Waals surface area contributed by atoms with Gasteiger partial charge in [-0.2, -0.15) is 0 Å². The number of rotatable bonds is 5. The number of aromatic nitrogens is 4. The van der Waals surface area contributed by atoms with Crippen LogP contribution in [0.15, 0.2) is 45.5 Å². The molecule has 1 N–H and O–H groups in total. The third-order valence-corrected chi connectivity index (χ3v) is 5.26. The Morgan fingerprint density at radius 1 is 1.39 bits per heavy atom. The van der Waals surface area contributed by atoms with Crippen LogP contribution in [0, 0.1) is 0 Å². The lowest BCUT2D eigenvalue weighted by Gasteiger charge is -2.04. The quantitative estimate of drug-likeness (QED) is 0.653. The van der Waals surface area contributed by atoms with E-state index in [1.54, 1.807) is 23.6 Å². The molecule has 0 aliphatic rings. The van der Waals surface area contributed by atoms with Crippen molar-refractivity contribution in [3.63, 3.8) is 0 Å². The maximum absolute atomic E-state index is 12.0. The molecule has 118 valence electrons. The van der Waals surface area contributed by atoms with E-state index in [0.717, 1.165) is 15.2 Å². The van der Waals surface area contributed by atoms with Crippen molar-refractivity contribution in [2.24, 2.45) is 7.05 Å². The van der Waals surface area contributed by atoms with Crippen molar-refractivity contribution in [3.8, 4) is 10.7 Å². The maximum atomic E-state index is 12.0. The molecule has 0 aromatic carbocycles. The molecule has 3 aromatic rings. The zero-order valence-corrected chi connectivity index (χ0v) is 15.3. The number of hydrogen-bond acceptors (Lipinski definition) is 6. The molecule has 3 aromatic heterocycles. The van der Waals surface area contributed by atoms with Gasteiger partial charge in [0.2, 0.25) is 5.91 Å². The fourth-order valence-electron chi connectivity index (χ4n) is 1.82. The molecule has 3 heterocycles. The van der Waals surface area contributed by atoms with E-state index >= 15 is 0 Å². The Morgan fingerprint density at radius 3 is 2.96 bits per heavy atom. The van der Waals surface area contributed by atoms with Crippen molar-refractivity contribution < 1.29 is 4.79 Å². The summed E-state index contributed by atoms with van der Waals surface area (Å²) in [6.45, 7) is 0. The molecule has 0 saturated carbocycles. The molecule has 0 atom stereocenters. The Bertz CT molecular complexity index is 801. The monoisotopic (exact) mass is 409 g/mol. The van der Waals surface area contributed by atoms with Gasteiger partial charge >= 0.3 is 0 Å². The van der Waals surface area contributed by atoms with Crippen LogP contribution >= 0.6 is 39.0 Å². The zero-order valence-electron chi connectivity index (χ0n) is 12.1. The average molecular weight is 410 g/mol. The van der Waals surface area contributed by atoms with Gasteiger partial charge in [0.15, 0.2) is 11.0 Å². The molecule has 1 amide bonds. The van der Waals surface area contributed by atoms with Crippen LogP contribution in [-0.2, 0) is 11.8 Å². The van der Waals surface area contributed by atoms with Crippen LogP contribution in [0.3, 0.4) is 0 Å². The van der Waals surface area contributed by atoms with Crippen molar-refractivity contribution in [2.45, 2.75) is 5.16 Å². The lowest BCUT2D eigenvalue weighted by atomic mass is 10.4. The second-order valence-electron chi connectivity index (χ2n) is 4.54. The fourth-order valence-corrected chi connectivity index (χ4v) is 3.51. The van der Waals surface area contributed by atoms with E-state index in [1.807, 2.05) is 35.2 Å². The van der Waals surface area contributed by atoms with Crippen LogP contribution in [0.25, 0.3) is 10.7 Å². The number of anilines is 1. The fraction of sp³-hybridized carbons (Fsp3) is 0.143. The normalized spacial score (nSPS) is 10.7. The highest BCUT2D eigenvalue weighted by molar-refractivity contribution is 9.10. The summed E-state index contributed by atoms with van der Waals surface area (Å²) < 4.78 is 2.76. The van der Waals surface area contributed by atoms with Gasteiger partial charge in [0.05, 0.1) is 10.6 Å². The molecule has 0 bridgehead atoms. The third kappa shape index (κ3) is 3.98. The number of carbonyl (C=O) groups is 1. The molecule has 0 aliphatic carbocycles. The average Bonchev–Trinajstić information content (AvgIpc) is 3.17. The van der Waals surface area contributed by atoms with Crippen LogP contribution in [0.5, 0.6) is 0 Å². The molecule has 0 aliphatic heterocycles. The van der Waals surface area contributed by atoms with E-state index in [9.17, 15) is 4.79 Å². The third-order valence-electron chi connectivity index (χ3n) is 2.90. The van der Waals surface area contributed by atoms with Crippen LogP contribution < -0.4 is 5.32 Å². The highest BCUT2D eigenvalue weighted by Gasteiger charge is 2.13. The number of pyridine rings is 1. The predicted octanol–water partition coefficient (Wildman–Crippen LogP) is 3.43. The summed E-state index contributed by atoms with van der Waals surface area (Å²) in [5.41, 5.74) is 0. The first-order chi connectivity index (χ1) is 11.1. The molecule has 9 heteroatoms. The summed E-state index contributed by atoms with van der Waals surface area (Å²) >= 11 is 6.25. The van der Waals surface area contributed by atoms with Gasteiger partial charge in [-0.25, -0.2) is 4.98 Å². The minimum atomic E-state index is -0.134. The van der Waals surface area contributed by atoms with E-state index in [-0.39, 0.29) is 11.7 Å². The molecule has 6 nitrogen and oxygen atoms in total. The summed E-state index contributed by atoms with van der Waals surface area (Å²) in [6, 6.07) is 7.53. The summed E-state index contributed by atoms with van der Waals surface area (Å²) in [5, 5.41) is 13.8. The number of halogens is 1. The van der Waals surface area contributed by atoms with Gasteiger partial charge in [0.25, 0.3) is 0 Å². The largest absolute Gasteiger partial charge is 0.310 e. The second kappa shape index (κ2) is 7.24. The number of thioether (sulfide) groups is 1. The minimum Gasteiger partial charge on any atom is -0.310 e. The molecule has 0 spiro atoms. The first-order valence-corrected chi connectivity index (χ1v) is 9.27. The van der Waals surface area contributed by atoms with Crippen molar-refractivity contribution in [3.05, 3.63) is 40.3 Å². The lowest BCUT2D eigenvalue weighted by Crippen LogP contribution is -2.15. The Morgan fingerprint density at radius 2 is 2.26 bits per heavy atom. The second-order valence-corrected chi connectivity index (χ2v) is 7.35. The smallest absolute Gasteiger partial charge is 0.236 e. The van der Waals surface area contributed by atoms with Crippen molar-refractivity contribution in [2.75, 3.05) is 11.1 Å². The molecule has 0 fully saturated rings. The van der Waals surface area contributed by atoms with Gasteiger partial charge < -0.3 is 9.88 Å². The van der Waals surface area contributed by atoms with E-state index in [1.165, 1.54) is 11.8 Å². The van der Waals surface area contributed by atoms with E-state index in [2.05, 4.69) is 36.4 Å². The number of thiophene rings is 1. The first kappa shape index (κ1) is 16.2. The van der Waals surface area contributed by atoms with Gasteiger partial charge in [-0.3, -0.25) is 4.79 Å². The lowest BCUT2D eigenvalue weighted by molar-refractivity contribution is -0.113. The molecular weight excluding hydrogens is 398 g/mol. The Hall–Kier alpha value is -1.71. The molecule has 0 radical (unpaired) electrons. The summed E-state index contributed by atoms with van der Waals surface area (Å²) in [4.78, 5) is 17.1. The Balaban J connectivity index is 1.60. The van der Waals surface area contributed by atoms with Crippen LogP contribution in [0.2, 0.25) is 0 Å². The number of hydrogen-bond donors (Lipinski definition) is 1. The summed E-state index contributed by atoms with van der Waals surface area (Å²) in [6.07, 6.45) is 1.64. The van der Waals surface area contributed by atoms with Crippen LogP contribution in [0.1, 0.15) is 0 Å². The van der Waals surface area contributed by atoms with Gasteiger partial charge in [0, 0.05) is 17.7 Å². The van der Waals surface area contributed by atoms with E-state index in [4.69, 9.17) is 0 Å². The minimum absolute atomic E-state index is 0.134. The number of carbonyl (C=O) groups excluding carboxylic acids is 1. The molecule has 3 rings (SSSR count). The van der Waals surface area contributed by atoms with E-state index in [0.29, 0.717) is 11.0 Å². The molecule has 23 heavy (non-hydrogen) atoms. The van der Waals surface area contributed by atoms with Gasteiger partial charge in [-0.1, -0.05) is 17.8 Å². The first-order valence-electron chi connectivity index (χ1n) is 6.61. The molecule has 0 unspecified atom stereocenters. The zero-order chi connectivity index (χ0) is 16.2. The Kier molecular flexibility index (Phi) is 5.09. The van der Waals surface area contributed by atoms with Gasteiger partial charge in [-0.15, -0.1) is 21.5 Å². The highest BCUT2D eigenvalue weighted by atomic mass is 79.9. The van der Waals surface area contributed by atoms with Crippen molar-refractivity contribution >= 4 is 50.8 Å². The SMILES string of the molecule is Cn1c(SCC(=O)Nc2ccc(Br)cn2)nnc1-c1cccs1. The molecular formula is C14H12BrN5OS2. The summed E-state index contributed by atoms with van der Waals surface area (Å²) in [5.74, 6) is 1.44. The van der Waals surface area contributed by atoms with Gasteiger partial charge in [0.1, 0.15) is 5.82 Å². The van der Waals surface area contributed by atoms with Gasteiger partial charge in [-0.05, 0) is 39.5 Å². The predicted molar refractivity (Wildman–Crippen MR) is 95.6 cm³/mol. The van der Waals surface area contributed by atoms with Crippen molar-refractivity contribution in [1.29, 1.82) is 0 Å². The topological polar surface area (TPSA) is 72.7 Å². The standard InChI is InChI=1S/C14H12BrN5OS2/c1-20-13(10-3-2-6-22-10)18-19-14(20)23-8-12(21)17-11-5-4-9(15)7-16-11/h2-7H,8H2,1H3,(H,16,17,21). The van der Waals surface area contributed by atoms with Crippen molar-refractivity contribution in [1.82, 2.24) is 19.7 Å². The highest BCUT2D eigenvalue weighted by Crippen LogP contribution is 2.26. The molecule has 0 saturated heterocycles. The number of amides is 1.